The average Bonchev–Trinajstić information content (AvgIpc) is 3.35. The van der Waals surface area contributed by atoms with Crippen molar-refractivity contribution in [2.75, 3.05) is 26.8 Å². The number of amides is 2. The van der Waals surface area contributed by atoms with Crippen molar-refractivity contribution in [3.8, 4) is 0 Å². The zero-order valence-electron chi connectivity index (χ0n) is 23.8. The Morgan fingerprint density at radius 3 is 2.54 bits per heavy atom. The third-order valence-corrected chi connectivity index (χ3v) is 8.05. The molecule has 1 saturated heterocycles. The molecule has 0 aromatic heterocycles. The first kappa shape index (κ1) is 28.8. The summed E-state index contributed by atoms with van der Waals surface area (Å²) < 4.78 is 11.7. The lowest BCUT2D eigenvalue weighted by molar-refractivity contribution is 0.0172. The number of aliphatic imine (C=N–C) groups is 1. The molecule has 3 heterocycles. The van der Waals surface area contributed by atoms with Crippen molar-refractivity contribution in [3.63, 3.8) is 0 Å². The van der Waals surface area contributed by atoms with Crippen molar-refractivity contribution >= 4 is 12.2 Å². The number of aliphatic hydroxyl groups excluding tert-OH is 1. The van der Waals surface area contributed by atoms with E-state index in [0.29, 0.717) is 13.2 Å². The molecule has 41 heavy (non-hydrogen) atoms. The van der Waals surface area contributed by atoms with Crippen LogP contribution >= 0.6 is 0 Å². The van der Waals surface area contributed by atoms with Crippen LogP contribution in [0.2, 0.25) is 0 Å². The van der Waals surface area contributed by atoms with E-state index in [1.54, 1.807) is 19.4 Å². The highest BCUT2D eigenvalue weighted by Crippen LogP contribution is 2.39. The zero-order valence-corrected chi connectivity index (χ0v) is 23.8. The summed E-state index contributed by atoms with van der Waals surface area (Å²) in [6.45, 7) is 3.89. The number of hydrogen-bond donors (Lipinski definition) is 4. The Bertz CT molecular complexity index is 1290. The molecule has 3 aliphatic heterocycles. The van der Waals surface area contributed by atoms with Crippen LogP contribution in [0.1, 0.15) is 49.3 Å². The Morgan fingerprint density at radius 2 is 1.85 bits per heavy atom. The maximum atomic E-state index is 13.5. The van der Waals surface area contributed by atoms with Gasteiger partial charge in [-0.05, 0) is 49.0 Å². The molecule has 2 aromatic rings. The molecule has 5 rings (SSSR count). The fraction of sp³-hybridized carbons (Fsp3) is 0.394. The molecule has 1 fully saturated rings. The maximum Gasteiger partial charge on any atom is 0.319 e. The van der Waals surface area contributed by atoms with E-state index in [2.05, 4.69) is 45.2 Å². The topological polar surface area (TPSA) is 104 Å². The van der Waals surface area contributed by atoms with Gasteiger partial charge in [0, 0.05) is 61.8 Å². The van der Waals surface area contributed by atoms with E-state index in [4.69, 9.17) is 9.47 Å². The van der Waals surface area contributed by atoms with Gasteiger partial charge in [0.1, 0.15) is 0 Å². The summed E-state index contributed by atoms with van der Waals surface area (Å²) in [5, 5.41) is 19.7. The number of ether oxygens (including phenoxy) is 2. The number of nitrogens with one attached hydrogen (secondary N) is 3. The summed E-state index contributed by atoms with van der Waals surface area (Å²) in [5.41, 5.74) is 5.85. The van der Waals surface area contributed by atoms with Crippen LogP contribution in [-0.4, -0.2) is 56.5 Å². The summed E-state index contributed by atoms with van der Waals surface area (Å²) in [7, 11) is 1.71. The molecule has 216 valence electrons. The van der Waals surface area contributed by atoms with E-state index in [9.17, 15) is 9.90 Å². The second kappa shape index (κ2) is 13.8. The summed E-state index contributed by atoms with van der Waals surface area (Å²) in [5.74, 6) is 0.154. The van der Waals surface area contributed by atoms with Crippen molar-refractivity contribution in [1.29, 1.82) is 0 Å². The maximum absolute atomic E-state index is 13.5. The van der Waals surface area contributed by atoms with Gasteiger partial charge in [-0.3, -0.25) is 4.99 Å². The largest absolute Gasteiger partial charge is 0.385 e. The summed E-state index contributed by atoms with van der Waals surface area (Å²) in [6, 6.07) is 20.3. The van der Waals surface area contributed by atoms with Crippen LogP contribution in [0.25, 0.3) is 0 Å². The predicted octanol–water partition coefficient (Wildman–Crippen LogP) is 4.73. The molecular formula is C33H40N4O4. The molecule has 2 aromatic carbocycles. The highest BCUT2D eigenvalue weighted by molar-refractivity contribution is 5.86. The SMILES string of the molecule is COCCC1C[C@@H](CNC(=O)NC2=C(C)C(=C3C=CC(O)N=C3)NCCC2c2ccccc2)[C@H](c2ccccc2)O1. The van der Waals surface area contributed by atoms with Crippen LogP contribution in [0.15, 0.2) is 100 Å². The van der Waals surface area contributed by atoms with Crippen LogP contribution in [-0.2, 0) is 9.47 Å². The van der Waals surface area contributed by atoms with Gasteiger partial charge < -0.3 is 30.5 Å². The molecule has 2 amide bonds. The Balaban J connectivity index is 1.36. The Hall–Kier alpha value is -3.72. The van der Waals surface area contributed by atoms with Gasteiger partial charge in [0.25, 0.3) is 0 Å². The first-order valence-electron chi connectivity index (χ1n) is 14.4. The van der Waals surface area contributed by atoms with Gasteiger partial charge in [0.15, 0.2) is 6.23 Å². The van der Waals surface area contributed by atoms with E-state index in [1.807, 2.05) is 49.4 Å². The number of nitrogens with zero attached hydrogens (tertiary/aromatic N) is 1. The number of carbonyl (C=O) groups excluding carboxylic acids is 1. The van der Waals surface area contributed by atoms with Gasteiger partial charge in [-0.15, -0.1) is 0 Å². The number of urea groups is 1. The lowest BCUT2D eigenvalue weighted by Gasteiger charge is -2.24. The standard InChI is InChI=1S/C33H40N4O4/c1-22-30(25-13-14-29(38)35-20-25)34-17-15-28(23-9-5-3-6-10-23)31(22)37-33(39)36-21-26-19-27(16-18-40-2)41-32(26)24-11-7-4-8-12-24/h3-14,20,26-29,32,34,38H,15-19,21H2,1-2H3,(H2,36,37,39)/t26-,27?,28?,29?,32-/m0/s1. The highest BCUT2D eigenvalue weighted by Gasteiger charge is 2.36. The lowest BCUT2D eigenvalue weighted by atomic mass is 9.90. The van der Waals surface area contributed by atoms with Crippen LogP contribution in [0.5, 0.6) is 0 Å². The molecule has 8 nitrogen and oxygen atoms in total. The van der Waals surface area contributed by atoms with Crippen molar-refractivity contribution < 1.29 is 19.4 Å². The summed E-state index contributed by atoms with van der Waals surface area (Å²) in [6.07, 6.45) is 6.88. The van der Waals surface area contributed by atoms with E-state index >= 15 is 0 Å². The molecule has 0 saturated carbocycles. The van der Waals surface area contributed by atoms with Crippen molar-refractivity contribution in [3.05, 3.63) is 106 Å². The normalized spacial score (nSPS) is 27.8. The summed E-state index contributed by atoms with van der Waals surface area (Å²) >= 11 is 0. The first-order valence-corrected chi connectivity index (χ1v) is 14.4. The van der Waals surface area contributed by atoms with E-state index < -0.39 is 6.23 Å². The molecule has 0 bridgehead atoms. The lowest BCUT2D eigenvalue weighted by Crippen LogP contribution is -2.40. The summed E-state index contributed by atoms with van der Waals surface area (Å²) in [4.78, 5) is 17.6. The Labute approximate surface area is 242 Å². The van der Waals surface area contributed by atoms with Crippen molar-refractivity contribution in [2.45, 2.75) is 50.5 Å². The molecule has 3 unspecified atom stereocenters. The van der Waals surface area contributed by atoms with Gasteiger partial charge >= 0.3 is 6.03 Å². The number of methoxy groups -OCH3 is 1. The van der Waals surface area contributed by atoms with Crippen LogP contribution in [0.4, 0.5) is 4.79 Å². The number of carbonyl (C=O) groups is 1. The van der Waals surface area contributed by atoms with Gasteiger partial charge in [-0.25, -0.2) is 4.79 Å². The third kappa shape index (κ3) is 7.14. The Morgan fingerprint density at radius 1 is 1.12 bits per heavy atom. The van der Waals surface area contributed by atoms with E-state index in [1.165, 1.54) is 0 Å². The van der Waals surface area contributed by atoms with E-state index in [0.717, 1.165) is 59.5 Å². The fourth-order valence-electron chi connectivity index (χ4n) is 5.96. The van der Waals surface area contributed by atoms with Crippen LogP contribution < -0.4 is 16.0 Å². The average molecular weight is 557 g/mol. The fourth-order valence-corrected chi connectivity index (χ4v) is 5.96. The smallest absolute Gasteiger partial charge is 0.319 e. The van der Waals surface area contributed by atoms with Crippen molar-refractivity contribution in [1.82, 2.24) is 16.0 Å². The Kier molecular flexibility index (Phi) is 9.67. The quantitative estimate of drug-likeness (QED) is 0.376. The van der Waals surface area contributed by atoms with E-state index in [-0.39, 0.29) is 30.1 Å². The molecule has 8 heteroatoms. The molecule has 0 radical (unpaired) electrons. The number of aliphatic hydroxyl groups is 1. The van der Waals surface area contributed by atoms with Gasteiger partial charge in [0.2, 0.25) is 0 Å². The number of hydrogen-bond acceptors (Lipinski definition) is 6. The van der Waals surface area contributed by atoms with Gasteiger partial charge in [-0.1, -0.05) is 66.7 Å². The minimum atomic E-state index is -0.830. The molecule has 3 aliphatic rings. The third-order valence-electron chi connectivity index (χ3n) is 8.05. The van der Waals surface area contributed by atoms with Gasteiger partial charge in [0.05, 0.1) is 12.2 Å². The van der Waals surface area contributed by atoms with Crippen molar-refractivity contribution in [2.24, 2.45) is 10.9 Å². The number of allylic oxidation sites excluding steroid dienone is 4. The molecule has 0 spiro atoms. The highest BCUT2D eigenvalue weighted by atomic mass is 16.5. The monoisotopic (exact) mass is 556 g/mol. The second-order valence-corrected chi connectivity index (χ2v) is 10.8. The minimum absolute atomic E-state index is 0.00737. The predicted molar refractivity (Wildman–Crippen MR) is 160 cm³/mol. The number of rotatable bonds is 8. The zero-order chi connectivity index (χ0) is 28.6. The molecular weight excluding hydrogens is 516 g/mol. The number of dihydropyridines is 1. The second-order valence-electron chi connectivity index (χ2n) is 10.8. The molecule has 5 atom stereocenters. The minimum Gasteiger partial charge on any atom is -0.385 e. The number of benzene rings is 2. The van der Waals surface area contributed by atoms with Gasteiger partial charge in [-0.2, -0.15) is 0 Å². The first-order chi connectivity index (χ1) is 20.0. The van der Waals surface area contributed by atoms with Crippen LogP contribution in [0.3, 0.4) is 0 Å². The molecule has 0 aliphatic carbocycles. The molecule has 4 N–H and O–H groups in total. The van der Waals surface area contributed by atoms with Crippen LogP contribution in [0, 0.1) is 5.92 Å².